The molecule has 0 amide bonds. The molecule has 2 atom stereocenters. The van der Waals surface area contributed by atoms with E-state index < -0.39 is 0 Å². The molecule has 1 aliphatic heterocycles. The topological polar surface area (TPSA) is 28.1 Å². The summed E-state index contributed by atoms with van der Waals surface area (Å²) in [7, 11) is 0. The molecule has 1 unspecified atom stereocenters. The summed E-state index contributed by atoms with van der Waals surface area (Å²) in [5.74, 6) is 0.481. The lowest BCUT2D eigenvalue weighted by atomic mass is 9.76. The first-order valence-corrected chi connectivity index (χ1v) is 9.89. The molecule has 0 bridgehead atoms. The minimum absolute atomic E-state index is 0.206. The quantitative estimate of drug-likeness (QED) is 0.528. The van der Waals surface area contributed by atoms with Crippen LogP contribution in [0.25, 0.3) is 16.5 Å². The Labute approximate surface area is 164 Å². The molecular weight excluding hydrogens is 340 g/mol. The number of para-hydroxylation sites is 1. The third-order valence-electron chi connectivity index (χ3n) is 6.06. The van der Waals surface area contributed by atoms with Crippen molar-refractivity contribution >= 4 is 22.2 Å². The second-order valence-corrected chi connectivity index (χ2v) is 7.62. The van der Waals surface area contributed by atoms with Gasteiger partial charge < -0.3 is 4.98 Å². The normalized spacial score (nSPS) is 22.5. The molecule has 2 heteroatoms. The zero-order valence-corrected chi connectivity index (χ0v) is 15.5. The van der Waals surface area contributed by atoms with Gasteiger partial charge in [0.1, 0.15) is 0 Å². The highest BCUT2D eigenvalue weighted by molar-refractivity contribution is 6.27. The summed E-state index contributed by atoms with van der Waals surface area (Å²) < 4.78 is 0. The van der Waals surface area contributed by atoms with Gasteiger partial charge in [-0.25, -0.2) is 0 Å². The van der Waals surface area contributed by atoms with Gasteiger partial charge in [0, 0.05) is 40.4 Å². The van der Waals surface area contributed by atoms with E-state index in [9.17, 15) is 0 Å². The van der Waals surface area contributed by atoms with Crippen molar-refractivity contribution in [3.8, 4) is 0 Å². The average Bonchev–Trinajstić information content (AvgIpc) is 3.07. The Bertz CT molecular complexity index is 1230. The molecule has 2 nitrogen and oxygen atoms in total. The van der Waals surface area contributed by atoms with Crippen LogP contribution in [0, 0.1) is 0 Å². The van der Waals surface area contributed by atoms with Crippen molar-refractivity contribution in [1.29, 1.82) is 0 Å². The SMILES string of the molecule is C1=CCC2=NC3=CC=C[C@H](c4ccccc4)C3c3c([nH]c4ccccc34)C2=C1. The number of aromatic amines is 1. The fraction of sp³-hybridized carbons (Fsp3) is 0.115. The number of hydrogen-bond donors (Lipinski definition) is 1. The van der Waals surface area contributed by atoms with Gasteiger partial charge in [0.15, 0.2) is 0 Å². The summed E-state index contributed by atoms with van der Waals surface area (Å²) >= 11 is 0. The predicted octanol–water partition coefficient (Wildman–Crippen LogP) is 6.29. The summed E-state index contributed by atoms with van der Waals surface area (Å²) in [6, 6.07) is 19.5. The summed E-state index contributed by atoms with van der Waals surface area (Å²) in [5, 5.41) is 1.30. The number of rotatable bonds is 1. The number of fused-ring (bicyclic) bond motifs is 7. The van der Waals surface area contributed by atoms with Gasteiger partial charge in [-0.2, -0.15) is 0 Å². The van der Waals surface area contributed by atoms with E-state index >= 15 is 0 Å². The number of nitrogens with zero attached hydrogens (tertiary/aromatic N) is 1. The summed E-state index contributed by atoms with van der Waals surface area (Å²) in [5.41, 5.74) is 8.69. The van der Waals surface area contributed by atoms with Gasteiger partial charge in [0.05, 0.1) is 11.4 Å². The van der Waals surface area contributed by atoms with Gasteiger partial charge in [-0.05, 0) is 23.3 Å². The van der Waals surface area contributed by atoms with Crippen molar-refractivity contribution in [2.24, 2.45) is 4.99 Å². The van der Waals surface area contributed by atoms with E-state index in [1.165, 1.54) is 33.3 Å². The molecule has 0 saturated heterocycles. The second-order valence-electron chi connectivity index (χ2n) is 7.62. The van der Waals surface area contributed by atoms with Gasteiger partial charge in [-0.3, -0.25) is 4.99 Å². The molecule has 1 N–H and O–H groups in total. The Hall–Kier alpha value is -3.39. The van der Waals surface area contributed by atoms with Gasteiger partial charge in [-0.1, -0.05) is 78.9 Å². The predicted molar refractivity (Wildman–Crippen MR) is 117 cm³/mol. The van der Waals surface area contributed by atoms with Crippen molar-refractivity contribution in [2.45, 2.75) is 18.3 Å². The lowest BCUT2D eigenvalue weighted by Gasteiger charge is -2.28. The van der Waals surface area contributed by atoms with Crippen molar-refractivity contribution in [3.63, 3.8) is 0 Å². The summed E-state index contributed by atoms with van der Waals surface area (Å²) in [6.07, 6.45) is 14.1. The fourth-order valence-corrected chi connectivity index (χ4v) is 4.82. The number of nitrogens with one attached hydrogen (secondary N) is 1. The van der Waals surface area contributed by atoms with Gasteiger partial charge >= 0.3 is 0 Å². The highest BCUT2D eigenvalue weighted by Crippen LogP contribution is 2.49. The number of hydrogen-bond acceptors (Lipinski definition) is 1. The van der Waals surface area contributed by atoms with E-state index in [-0.39, 0.29) is 11.8 Å². The second kappa shape index (κ2) is 6.07. The van der Waals surface area contributed by atoms with E-state index in [4.69, 9.17) is 4.99 Å². The molecule has 1 aromatic heterocycles. The fourth-order valence-electron chi connectivity index (χ4n) is 4.82. The molecule has 134 valence electrons. The van der Waals surface area contributed by atoms with E-state index in [0.717, 1.165) is 17.8 Å². The minimum Gasteiger partial charge on any atom is -0.354 e. The molecule has 3 aromatic rings. The largest absolute Gasteiger partial charge is 0.354 e. The number of aromatic nitrogens is 1. The molecule has 0 fully saturated rings. The average molecular weight is 360 g/mol. The first-order chi connectivity index (χ1) is 13.9. The number of H-pyrrole nitrogens is 1. The lowest BCUT2D eigenvalue weighted by molar-refractivity contribution is 0.690. The third kappa shape index (κ3) is 2.24. The molecule has 28 heavy (non-hydrogen) atoms. The Morgan fingerprint density at radius 1 is 0.893 bits per heavy atom. The molecule has 3 aliphatic rings. The molecule has 0 spiro atoms. The van der Waals surface area contributed by atoms with Crippen LogP contribution < -0.4 is 0 Å². The molecule has 2 aliphatic carbocycles. The van der Waals surface area contributed by atoms with Crippen LogP contribution in [0.2, 0.25) is 0 Å². The van der Waals surface area contributed by atoms with E-state index in [1.807, 2.05) is 0 Å². The van der Waals surface area contributed by atoms with Crippen molar-refractivity contribution in [2.75, 3.05) is 0 Å². The zero-order valence-electron chi connectivity index (χ0n) is 15.5. The van der Waals surface area contributed by atoms with Gasteiger partial charge in [0.25, 0.3) is 0 Å². The van der Waals surface area contributed by atoms with Crippen molar-refractivity contribution < 1.29 is 0 Å². The van der Waals surface area contributed by atoms with E-state index in [1.54, 1.807) is 0 Å². The zero-order chi connectivity index (χ0) is 18.5. The molecule has 2 aromatic carbocycles. The van der Waals surface area contributed by atoms with Crippen molar-refractivity contribution in [3.05, 3.63) is 114 Å². The summed E-state index contributed by atoms with van der Waals surface area (Å²) in [4.78, 5) is 8.90. The van der Waals surface area contributed by atoms with Crippen molar-refractivity contribution in [1.82, 2.24) is 4.98 Å². The Morgan fingerprint density at radius 2 is 1.75 bits per heavy atom. The maximum atomic E-state index is 5.18. The maximum absolute atomic E-state index is 5.18. The molecular formula is C26H20N2. The molecule has 2 heterocycles. The minimum atomic E-state index is 0.206. The Morgan fingerprint density at radius 3 is 2.68 bits per heavy atom. The lowest BCUT2D eigenvalue weighted by Crippen LogP contribution is -2.14. The van der Waals surface area contributed by atoms with Crippen LogP contribution in [0.15, 0.2) is 102 Å². The Kier molecular flexibility index (Phi) is 3.39. The molecule has 0 saturated carbocycles. The van der Waals surface area contributed by atoms with Crippen LogP contribution in [-0.2, 0) is 0 Å². The maximum Gasteiger partial charge on any atom is 0.0538 e. The third-order valence-corrected chi connectivity index (χ3v) is 6.06. The van der Waals surface area contributed by atoms with E-state index in [2.05, 4.69) is 96.0 Å². The van der Waals surface area contributed by atoms with Crippen LogP contribution in [-0.4, -0.2) is 10.7 Å². The number of aliphatic imine (C=N–C) groups is 1. The Balaban J connectivity index is 1.68. The first kappa shape index (κ1) is 15.6. The van der Waals surface area contributed by atoms with Gasteiger partial charge in [0.2, 0.25) is 0 Å². The molecule has 6 rings (SSSR count). The van der Waals surface area contributed by atoms with Crippen LogP contribution in [0.3, 0.4) is 0 Å². The highest BCUT2D eigenvalue weighted by Gasteiger charge is 2.36. The highest BCUT2D eigenvalue weighted by atomic mass is 14.8. The standard InChI is InChI=1S/C26H20N2/c1-2-9-17(10-3-1)18-13-8-16-23-24(18)25-19-11-4-6-14-21(19)28-26(25)20-12-5-7-15-22(20)27-23/h1-14,16,18,24,28H,15H2/t18-,24?/m1/s1. The monoisotopic (exact) mass is 360 g/mol. The van der Waals surface area contributed by atoms with Crippen LogP contribution >= 0.6 is 0 Å². The van der Waals surface area contributed by atoms with Crippen LogP contribution in [0.1, 0.15) is 35.1 Å². The summed E-state index contributed by atoms with van der Waals surface area (Å²) in [6.45, 7) is 0. The van der Waals surface area contributed by atoms with Gasteiger partial charge in [-0.15, -0.1) is 0 Å². The number of benzene rings is 2. The molecule has 0 radical (unpaired) electrons. The number of allylic oxidation sites excluding steroid dienone is 8. The smallest absolute Gasteiger partial charge is 0.0538 e. The van der Waals surface area contributed by atoms with Crippen LogP contribution in [0.4, 0.5) is 0 Å². The first-order valence-electron chi connectivity index (χ1n) is 9.89. The van der Waals surface area contributed by atoms with Crippen LogP contribution in [0.5, 0.6) is 0 Å². The van der Waals surface area contributed by atoms with E-state index in [0.29, 0.717) is 0 Å².